The molecule has 0 spiro atoms. The van der Waals surface area contributed by atoms with Crippen molar-refractivity contribution in [2.24, 2.45) is 0 Å². The number of carbonyl (C=O) groups excluding carboxylic acids is 1. The van der Waals surface area contributed by atoms with Gasteiger partial charge in [-0.1, -0.05) is 23.2 Å². The smallest absolute Gasteiger partial charge is 0.345 e. The van der Waals surface area contributed by atoms with Gasteiger partial charge in [0.25, 0.3) is 0 Å². The average molecular weight is 317 g/mol. The lowest BCUT2D eigenvalue weighted by atomic mass is 10.0. The third-order valence-corrected chi connectivity index (χ3v) is 3.77. The van der Waals surface area contributed by atoms with Crippen LogP contribution in [-0.4, -0.2) is 22.0 Å². The van der Waals surface area contributed by atoms with E-state index in [2.05, 4.69) is 0 Å². The largest absolute Gasteiger partial charge is 0.506 e. The number of carbonyl (C=O) groups is 2. The van der Waals surface area contributed by atoms with Gasteiger partial charge in [0.15, 0.2) is 5.78 Å². The van der Waals surface area contributed by atoms with Crippen molar-refractivity contribution in [3.63, 3.8) is 0 Å². The minimum Gasteiger partial charge on any atom is -0.506 e. The molecular formula is C12H6Cl2O4S. The number of aromatic hydroxyl groups is 1. The molecule has 0 saturated carbocycles. The molecule has 0 bridgehead atoms. The highest BCUT2D eigenvalue weighted by Gasteiger charge is 2.19. The van der Waals surface area contributed by atoms with Crippen molar-refractivity contribution < 1.29 is 19.8 Å². The van der Waals surface area contributed by atoms with Crippen molar-refractivity contribution in [3.05, 3.63) is 49.6 Å². The molecule has 0 atom stereocenters. The molecule has 98 valence electrons. The second-order valence-electron chi connectivity index (χ2n) is 3.62. The van der Waals surface area contributed by atoms with Gasteiger partial charge >= 0.3 is 5.97 Å². The van der Waals surface area contributed by atoms with E-state index in [1.165, 1.54) is 23.6 Å². The zero-order valence-electron chi connectivity index (χ0n) is 9.18. The van der Waals surface area contributed by atoms with E-state index in [0.717, 1.165) is 11.3 Å². The molecule has 0 aliphatic carbocycles. The van der Waals surface area contributed by atoms with Crippen LogP contribution >= 0.6 is 34.5 Å². The molecule has 0 radical (unpaired) electrons. The van der Waals surface area contributed by atoms with Gasteiger partial charge in [0.2, 0.25) is 0 Å². The fourth-order valence-corrected chi connectivity index (χ4v) is 2.68. The first-order valence-corrected chi connectivity index (χ1v) is 6.58. The van der Waals surface area contributed by atoms with Crippen molar-refractivity contribution in [1.82, 2.24) is 0 Å². The summed E-state index contributed by atoms with van der Waals surface area (Å²) in [6.45, 7) is 0. The Labute approximate surface area is 121 Å². The Morgan fingerprint density at radius 2 is 1.84 bits per heavy atom. The van der Waals surface area contributed by atoms with Crippen LogP contribution in [0.25, 0.3) is 0 Å². The van der Waals surface area contributed by atoms with Gasteiger partial charge in [-0.25, -0.2) is 4.79 Å². The number of thiophene rings is 1. The van der Waals surface area contributed by atoms with Gasteiger partial charge in [-0.15, -0.1) is 11.3 Å². The quantitative estimate of drug-likeness (QED) is 0.847. The lowest BCUT2D eigenvalue weighted by Crippen LogP contribution is -2.01. The van der Waals surface area contributed by atoms with Crippen LogP contribution in [-0.2, 0) is 0 Å². The molecule has 4 nitrogen and oxygen atoms in total. The van der Waals surface area contributed by atoms with Crippen molar-refractivity contribution in [2.45, 2.75) is 0 Å². The predicted molar refractivity (Wildman–Crippen MR) is 72.8 cm³/mol. The summed E-state index contributed by atoms with van der Waals surface area (Å²) in [5, 5.41) is 20.1. The summed E-state index contributed by atoms with van der Waals surface area (Å²) >= 11 is 12.4. The van der Waals surface area contributed by atoms with E-state index < -0.39 is 11.8 Å². The van der Waals surface area contributed by atoms with Gasteiger partial charge in [-0.05, 0) is 18.2 Å². The summed E-state index contributed by atoms with van der Waals surface area (Å²) in [6.07, 6.45) is 0. The number of phenols is 1. The summed E-state index contributed by atoms with van der Waals surface area (Å²) in [4.78, 5) is 22.9. The molecule has 0 fully saturated rings. The number of rotatable bonds is 3. The number of benzene rings is 1. The molecule has 1 aromatic carbocycles. The maximum atomic E-state index is 12.1. The van der Waals surface area contributed by atoms with E-state index in [1.807, 2.05) is 0 Å². The van der Waals surface area contributed by atoms with Crippen LogP contribution in [0.3, 0.4) is 0 Å². The van der Waals surface area contributed by atoms with E-state index in [1.54, 1.807) is 0 Å². The highest BCUT2D eigenvalue weighted by Crippen LogP contribution is 2.33. The number of hydrogen-bond acceptors (Lipinski definition) is 4. The van der Waals surface area contributed by atoms with E-state index in [0.29, 0.717) is 0 Å². The predicted octanol–water partition coefficient (Wildman–Crippen LogP) is 3.69. The Hall–Kier alpha value is -1.56. The molecular weight excluding hydrogens is 311 g/mol. The number of ketones is 1. The Balaban J connectivity index is 2.46. The molecule has 2 N–H and O–H groups in total. The molecule has 0 aliphatic rings. The van der Waals surface area contributed by atoms with Crippen LogP contribution in [0.1, 0.15) is 25.6 Å². The lowest BCUT2D eigenvalue weighted by molar-refractivity contribution is 0.0702. The van der Waals surface area contributed by atoms with Crippen LogP contribution in [0, 0.1) is 0 Å². The molecule has 2 aromatic rings. The zero-order valence-corrected chi connectivity index (χ0v) is 11.5. The third-order valence-electron chi connectivity index (χ3n) is 2.35. The van der Waals surface area contributed by atoms with Gasteiger partial charge in [0.05, 0.1) is 10.6 Å². The van der Waals surface area contributed by atoms with E-state index >= 15 is 0 Å². The van der Waals surface area contributed by atoms with Crippen LogP contribution in [0.4, 0.5) is 0 Å². The molecule has 1 aromatic heterocycles. The fraction of sp³-hybridized carbons (Fsp3) is 0. The molecule has 2 rings (SSSR count). The average Bonchev–Trinajstić information content (AvgIpc) is 2.82. The first kappa shape index (κ1) is 13.9. The molecule has 0 saturated heterocycles. The molecule has 0 amide bonds. The van der Waals surface area contributed by atoms with Crippen LogP contribution in [0.2, 0.25) is 10.0 Å². The van der Waals surface area contributed by atoms with Crippen LogP contribution in [0.5, 0.6) is 5.75 Å². The zero-order chi connectivity index (χ0) is 14.2. The lowest BCUT2D eigenvalue weighted by Gasteiger charge is -2.05. The van der Waals surface area contributed by atoms with Gasteiger partial charge in [-0.2, -0.15) is 0 Å². The van der Waals surface area contributed by atoms with Gasteiger partial charge in [0, 0.05) is 16.0 Å². The van der Waals surface area contributed by atoms with E-state index in [4.69, 9.17) is 28.3 Å². The molecule has 0 aliphatic heterocycles. The van der Waals surface area contributed by atoms with Crippen LogP contribution < -0.4 is 0 Å². The standard InChI is InChI=1S/C12H6Cl2O4S/c13-6-2-7(11(16)8(14)3-6)10(15)5-1-9(12(17)18)19-4-5/h1-4,16H,(H,17,18). The van der Waals surface area contributed by atoms with Crippen molar-refractivity contribution in [3.8, 4) is 5.75 Å². The number of hydrogen-bond donors (Lipinski definition) is 2. The monoisotopic (exact) mass is 316 g/mol. The highest BCUT2D eigenvalue weighted by atomic mass is 35.5. The number of carboxylic acid groups (broad SMARTS) is 1. The van der Waals surface area contributed by atoms with Gasteiger partial charge in [-0.3, -0.25) is 4.79 Å². The number of phenolic OH excluding ortho intramolecular Hbond substituents is 1. The molecule has 1 heterocycles. The van der Waals surface area contributed by atoms with Crippen molar-refractivity contribution >= 4 is 46.3 Å². The molecule has 7 heteroatoms. The number of aromatic carboxylic acids is 1. The summed E-state index contributed by atoms with van der Waals surface area (Å²) < 4.78 is 0. The number of halogens is 2. The first-order valence-electron chi connectivity index (χ1n) is 4.94. The minimum atomic E-state index is -1.11. The van der Waals surface area contributed by atoms with Crippen molar-refractivity contribution in [2.75, 3.05) is 0 Å². The highest BCUT2D eigenvalue weighted by molar-refractivity contribution is 7.12. The fourth-order valence-electron chi connectivity index (χ4n) is 1.46. The summed E-state index contributed by atoms with van der Waals surface area (Å²) in [5.41, 5.74) is 0.100. The maximum Gasteiger partial charge on any atom is 0.345 e. The summed E-state index contributed by atoms with van der Waals surface area (Å²) in [5.74, 6) is -2.03. The van der Waals surface area contributed by atoms with Crippen LogP contribution in [0.15, 0.2) is 23.6 Å². The molecule has 19 heavy (non-hydrogen) atoms. The first-order chi connectivity index (χ1) is 8.90. The van der Waals surface area contributed by atoms with Crippen molar-refractivity contribution in [1.29, 1.82) is 0 Å². The van der Waals surface area contributed by atoms with E-state index in [9.17, 15) is 14.7 Å². The van der Waals surface area contributed by atoms with Gasteiger partial charge in [0.1, 0.15) is 10.6 Å². The second kappa shape index (κ2) is 5.21. The van der Waals surface area contributed by atoms with Gasteiger partial charge < -0.3 is 10.2 Å². The Kier molecular flexibility index (Phi) is 3.80. The molecule has 0 unspecified atom stereocenters. The summed E-state index contributed by atoms with van der Waals surface area (Å²) in [6, 6.07) is 3.83. The minimum absolute atomic E-state index is 0.0375. The Bertz CT molecular complexity index is 678. The number of carboxylic acids is 1. The topological polar surface area (TPSA) is 74.6 Å². The Morgan fingerprint density at radius 3 is 2.42 bits per heavy atom. The summed E-state index contributed by atoms with van der Waals surface area (Å²) in [7, 11) is 0. The Morgan fingerprint density at radius 1 is 1.16 bits per heavy atom. The van der Waals surface area contributed by atoms with E-state index in [-0.39, 0.29) is 31.8 Å². The SMILES string of the molecule is O=C(O)c1cc(C(=O)c2cc(Cl)cc(Cl)c2O)cs1. The normalized spacial score (nSPS) is 10.4. The second-order valence-corrected chi connectivity index (χ2v) is 5.37. The third kappa shape index (κ3) is 2.73. The maximum absolute atomic E-state index is 12.1.